The molecule has 8 heteroatoms. The summed E-state index contributed by atoms with van der Waals surface area (Å²) in [4.78, 5) is 30.4. The molecule has 1 amide bonds. The van der Waals surface area contributed by atoms with E-state index in [2.05, 4.69) is 4.98 Å². The highest BCUT2D eigenvalue weighted by atomic mass is 32.2. The van der Waals surface area contributed by atoms with Crippen LogP contribution in [0.1, 0.15) is 16.8 Å². The van der Waals surface area contributed by atoms with E-state index in [1.54, 1.807) is 45.4 Å². The summed E-state index contributed by atoms with van der Waals surface area (Å²) in [6.07, 6.45) is 0. The summed E-state index contributed by atoms with van der Waals surface area (Å²) in [5, 5.41) is 1.60. The van der Waals surface area contributed by atoms with Gasteiger partial charge in [-0.25, -0.2) is 9.99 Å². The highest BCUT2D eigenvalue weighted by Crippen LogP contribution is 2.40. The molecule has 144 valence electrons. The smallest absolute Gasteiger partial charge is 0.280 e. The number of methoxy groups -OCH3 is 2. The molecule has 4 rings (SSSR count). The maximum Gasteiger partial charge on any atom is 0.280 e. The summed E-state index contributed by atoms with van der Waals surface area (Å²) in [6, 6.07) is 12.6. The number of aryl methyl sites for hydroxylation is 1. The normalized spacial score (nSPS) is 16.6. The van der Waals surface area contributed by atoms with Gasteiger partial charge in [0.25, 0.3) is 11.5 Å². The molecule has 0 aliphatic carbocycles. The number of hydrogen-bond acceptors (Lipinski definition) is 6. The number of benzene rings is 2. The molecule has 2 heterocycles. The van der Waals surface area contributed by atoms with Crippen LogP contribution in [0.15, 0.2) is 47.3 Å². The molecular formula is C20H19N3O4S. The molecule has 0 radical (unpaired) electrons. The fourth-order valence-electron chi connectivity index (χ4n) is 3.37. The molecule has 1 aliphatic heterocycles. The van der Waals surface area contributed by atoms with Crippen LogP contribution in [-0.4, -0.2) is 35.5 Å². The van der Waals surface area contributed by atoms with Crippen molar-refractivity contribution in [3.05, 3.63) is 64.2 Å². The van der Waals surface area contributed by atoms with E-state index in [1.807, 2.05) is 18.2 Å². The van der Waals surface area contributed by atoms with E-state index >= 15 is 0 Å². The van der Waals surface area contributed by atoms with Gasteiger partial charge in [0.1, 0.15) is 11.2 Å². The van der Waals surface area contributed by atoms with Crippen LogP contribution < -0.4 is 20.0 Å². The van der Waals surface area contributed by atoms with Gasteiger partial charge in [-0.3, -0.25) is 9.59 Å². The summed E-state index contributed by atoms with van der Waals surface area (Å²) in [5.74, 6) is 1.77. The Morgan fingerprint density at radius 2 is 1.82 bits per heavy atom. The summed E-state index contributed by atoms with van der Waals surface area (Å²) in [5.41, 5.74) is 1.20. The van der Waals surface area contributed by atoms with E-state index in [9.17, 15) is 9.59 Å². The van der Waals surface area contributed by atoms with E-state index in [-0.39, 0.29) is 22.6 Å². The number of carbonyl (C=O) groups is 1. The van der Waals surface area contributed by atoms with E-state index < -0.39 is 0 Å². The zero-order valence-electron chi connectivity index (χ0n) is 15.7. The van der Waals surface area contributed by atoms with Crippen LogP contribution in [0.4, 0.5) is 0 Å². The van der Waals surface area contributed by atoms with E-state index in [0.717, 1.165) is 5.56 Å². The molecule has 28 heavy (non-hydrogen) atoms. The number of thioether (sulfide) groups is 1. The Labute approximate surface area is 165 Å². The van der Waals surface area contributed by atoms with Crippen molar-refractivity contribution in [1.29, 1.82) is 0 Å². The lowest BCUT2D eigenvalue weighted by molar-refractivity contribution is -0.117. The van der Waals surface area contributed by atoms with Gasteiger partial charge in [0.05, 0.1) is 30.9 Å². The highest BCUT2D eigenvalue weighted by Gasteiger charge is 2.36. The quantitative estimate of drug-likeness (QED) is 0.674. The lowest BCUT2D eigenvalue weighted by Crippen LogP contribution is -2.46. The van der Waals surface area contributed by atoms with Gasteiger partial charge in [-0.05, 0) is 36.8 Å². The highest BCUT2D eigenvalue weighted by molar-refractivity contribution is 8.00. The van der Waals surface area contributed by atoms with Crippen LogP contribution in [-0.2, 0) is 4.79 Å². The van der Waals surface area contributed by atoms with Gasteiger partial charge >= 0.3 is 0 Å². The Kier molecular flexibility index (Phi) is 4.72. The van der Waals surface area contributed by atoms with Crippen LogP contribution in [0.5, 0.6) is 11.5 Å². The average Bonchev–Trinajstić information content (AvgIpc) is 3.08. The summed E-state index contributed by atoms with van der Waals surface area (Å²) < 4.78 is 12.1. The third-order valence-electron chi connectivity index (χ3n) is 4.67. The lowest BCUT2D eigenvalue weighted by Gasteiger charge is -2.27. The van der Waals surface area contributed by atoms with Crippen molar-refractivity contribution in [2.75, 3.05) is 25.0 Å². The first kappa shape index (κ1) is 18.4. The van der Waals surface area contributed by atoms with E-state index in [0.29, 0.717) is 28.2 Å². The standard InChI is InChI=1S/C20H19N3O4S/c1-12-21-15-7-5-4-6-14(15)19(25)22(12)23-18(24)11-28-20(23)13-8-9-16(26-2)17(10-13)27-3/h4-10,20H,11H2,1-3H3. The van der Waals surface area contributed by atoms with Crippen molar-refractivity contribution in [1.82, 2.24) is 9.66 Å². The van der Waals surface area contributed by atoms with E-state index in [4.69, 9.17) is 9.47 Å². The average molecular weight is 397 g/mol. The number of rotatable bonds is 4. The van der Waals surface area contributed by atoms with Crippen LogP contribution in [0.25, 0.3) is 10.9 Å². The Hall–Kier alpha value is -3.00. The molecule has 1 fully saturated rings. The molecule has 1 aliphatic rings. The van der Waals surface area contributed by atoms with Crippen LogP contribution in [0.2, 0.25) is 0 Å². The van der Waals surface area contributed by atoms with Crippen LogP contribution in [0, 0.1) is 6.92 Å². The van der Waals surface area contributed by atoms with Crippen LogP contribution >= 0.6 is 11.8 Å². The van der Waals surface area contributed by atoms with Gasteiger partial charge in [0, 0.05) is 0 Å². The zero-order valence-corrected chi connectivity index (χ0v) is 16.5. The van der Waals surface area contributed by atoms with Gasteiger partial charge in [0.2, 0.25) is 0 Å². The number of amides is 1. The van der Waals surface area contributed by atoms with Crippen LogP contribution in [0.3, 0.4) is 0 Å². The molecule has 1 unspecified atom stereocenters. The minimum absolute atomic E-state index is 0.146. The molecule has 0 spiro atoms. The molecule has 3 aromatic rings. The summed E-state index contributed by atoms with van der Waals surface area (Å²) in [7, 11) is 3.13. The minimum atomic E-state index is -0.369. The van der Waals surface area contributed by atoms with Crippen molar-refractivity contribution in [2.45, 2.75) is 12.3 Å². The topological polar surface area (TPSA) is 73.7 Å². The van der Waals surface area contributed by atoms with Gasteiger partial charge in [-0.2, -0.15) is 4.68 Å². The van der Waals surface area contributed by atoms with E-state index in [1.165, 1.54) is 21.4 Å². The molecule has 0 bridgehead atoms. The molecular weight excluding hydrogens is 378 g/mol. The summed E-state index contributed by atoms with van der Waals surface area (Å²) in [6.45, 7) is 1.73. The molecule has 1 aromatic heterocycles. The largest absolute Gasteiger partial charge is 0.493 e. The first-order valence-corrected chi connectivity index (χ1v) is 9.74. The van der Waals surface area contributed by atoms with Gasteiger partial charge < -0.3 is 9.47 Å². The predicted molar refractivity (Wildman–Crippen MR) is 109 cm³/mol. The molecule has 7 nitrogen and oxygen atoms in total. The SMILES string of the molecule is COc1ccc(C2SCC(=O)N2n2c(C)nc3ccccc3c2=O)cc1OC. The number of para-hydroxylation sites is 1. The van der Waals surface area contributed by atoms with Crippen molar-refractivity contribution >= 4 is 28.6 Å². The number of ether oxygens (including phenoxy) is 2. The Balaban J connectivity index is 1.86. The summed E-state index contributed by atoms with van der Waals surface area (Å²) >= 11 is 1.45. The second kappa shape index (κ2) is 7.20. The molecule has 2 aromatic carbocycles. The first-order chi connectivity index (χ1) is 13.5. The molecule has 1 saturated heterocycles. The predicted octanol–water partition coefficient (Wildman–Crippen LogP) is 2.63. The zero-order chi connectivity index (χ0) is 19.8. The monoisotopic (exact) mass is 397 g/mol. The fourth-order valence-corrected chi connectivity index (χ4v) is 4.49. The van der Waals surface area contributed by atoms with Crippen molar-refractivity contribution in [3.63, 3.8) is 0 Å². The minimum Gasteiger partial charge on any atom is -0.493 e. The van der Waals surface area contributed by atoms with Gasteiger partial charge in [0.15, 0.2) is 11.5 Å². The number of nitrogens with zero attached hydrogens (tertiary/aromatic N) is 3. The molecule has 0 N–H and O–H groups in total. The fraction of sp³-hybridized carbons (Fsp3) is 0.250. The third-order valence-corrected chi connectivity index (χ3v) is 5.87. The maximum absolute atomic E-state index is 13.2. The first-order valence-electron chi connectivity index (χ1n) is 8.69. The molecule has 0 saturated carbocycles. The van der Waals surface area contributed by atoms with Crippen molar-refractivity contribution in [3.8, 4) is 11.5 Å². The Morgan fingerprint density at radius 3 is 2.57 bits per heavy atom. The van der Waals surface area contributed by atoms with Crippen molar-refractivity contribution < 1.29 is 14.3 Å². The van der Waals surface area contributed by atoms with Gasteiger partial charge in [-0.15, -0.1) is 11.8 Å². The van der Waals surface area contributed by atoms with Gasteiger partial charge in [-0.1, -0.05) is 18.2 Å². The Morgan fingerprint density at radius 1 is 1.07 bits per heavy atom. The maximum atomic E-state index is 13.2. The second-order valence-corrected chi connectivity index (χ2v) is 7.38. The number of hydrogen-bond donors (Lipinski definition) is 0. The number of aromatic nitrogens is 2. The number of carbonyl (C=O) groups excluding carboxylic acids is 1. The molecule has 1 atom stereocenters. The Bertz CT molecular complexity index is 1130. The lowest BCUT2D eigenvalue weighted by atomic mass is 10.2. The number of fused-ring (bicyclic) bond motifs is 1. The second-order valence-electron chi connectivity index (χ2n) is 6.31. The van der Waals surface area contributed by atoms with Crippen molar-refractivity contribution in [2.24, 2.45) is 0 Å². The third kappa shape index (κ3) is 2.90.